The maximum Gasteiger partial charge on any atom is 0.113 e. The molecule has 98 valence electrons. The maximum atomic E-state index is 4.85. The molecular formula is C14H26N2S. The van der Waals surface area contributed by atoms with Crippen molar-refractivity contribution in [3.05, 3.63) is 16.1 Å². The van der Waals surface area contributed by atoms with Crippen LogP contribution in [0.4, 0.5) is 0 Å². The van der Waals surface area contributed by atoms with E-state index in [-0.39, 0.29) is 11.0 Å². The Kier molecular flexibility index (Phi) is 4.37. The zero-order valence-corrected chi connectivity index (χ0v) is 13.0. The first-order valence-electron chi connectivity index (χ1n) is 6.43. The smallest absolute Gasteiger partial charge is 0.113 e. The molecule has 1 aromatic heterocycles. The first-order valence-corrected chi connectivity index (χ1v) is 7.31. The van der Waals surface area contributed by atoms with E-state index in [1.54, 1.807) is 11.3 Å². The molecule has 17 heavy (non-hydrogen) atoms. The minimum atomic E-state index is -0.0110. The molecule has 0 spiro atoms. The van der Waals surface area contributed by atoms with Gasteiger partial charge in [-0.2, -0.15) is 0 Å². The van der Waals surface area contributed by atoms with Crippen molar-refractivity contribution in [1.29, 1.82) is 0 Å². The van der Waals surface area contributed by atoms with Crippen LogP contribution in [0.15, 0.2) is 5.38 Å². The minimum Gasteiger partial charge on any atom is -0.306 e. The van der Waals surface area contributed by atoms with Crippen molar-refractivity contribution < 1.29 is 0 Å². The Hall–Kier alpha value is -0.410. The molecular weight excluding hydrogens is 228 g/mol. The minimum absolute atomic E-state index is 0.0110. The van der Waals surface area contributed by atoms with Gasteiger partial charge < -0.3 is 5.32 Å². The second-order valence-corrected chi connectivity index (χ2v) is 7.03. The molecule has 1 aromatic rings. The number of hydrogen-bond donors (Lipinski definition) is 1. The lowest BCUT2D eigenvalue weighted by atomic mass is 9.88. The Morgan fingerprint density at radius 1 is 1.29 bits per heavy atom. The fourth-order valence-corrected chi connectivity index (χ4v) is 3.08. The van der Waals surface area contributed by atoms with Crippen LogP contribution in [0.2, 0.25) is 0 Å². The van der Waals surface area contributed by atoms with Gasteiger partial charge in [-0.25, -0.2) is 4.98 Å². The zero-order chi connectivity index (χ0) is 13.3. The summed E-state index contributed by atoms with van der Waals surface area (Å²) in [5, 5.41) is 7.00. The van der Waals surface area contributed by atoms with Crippen molar-refractivity contribution >= 4 is 11.3 Å². The van der Waals surface area contributed by atoms with Crippen LogP contribution in [0.5, 0.6) is 0 Å². The summed E-state index contributed by atoms with van der Waals surface area (Å²) >= 11 is 1.78. The Bertz CT molecular complexity index is 363. The second-order valence-electron chi connectivity index (χ2n) is 6.18. The van der Waals surface area contributed by atoms with Crippen molar-refractivity contribution in [1.82, 2.24) is 10.3 Å². The molecule has 0 aliphatic carbocycles. The average molecular weight is 254 g/mol. The van der Waals surface area contributed by atoms with Gasteiger partial charge in [-0.3, -0.25) is 0 Å². The molecule has 0 aliphatic rings. The molecule has 3 heteroatoms. The van der Waals surface area contributed by atoms with Gasteiger partial charge in [0.1, 0.15) is 5.01 Å². The lowest BCUT2D eigenvalue weighted by molar-refractivity contribution is 0.269. The maximum absolute atomic E-state index is 4.85. The standard InChI is InChI=1S/C14H26N2S/c1-8-15-14(7,10(2)3)12-16-11(9-17-12)13(4,5)6/h9-10,15H,8H2,1-7H3. The third kappa shape index (κ3) is 3.08. The lowest BCUT2D eigenvalue weighted by Gasteiger charge is -2.32. The zero-order valence-electron chi connectivity index (χ0n) is 12.2. The van der Waals surface area contributed by atoms with Crippen molar-refractivity contribution in [2.24, 2.45) is 5.92 Å². The number of rotatable bonds is 4. The summed E-state index contributed by atoms with van der Waals surface area (Å²) in [4.78, 5) is 4.85. The van der Waals surface area contributed by atoms with Gasteiger partial charge in [0, 0.05) is 10.8 Å². The van der Waals surface area contributed by atoms with Gasteiger partial charge in [0.15, 0.2) is 0 Å². The van der Waals surface area contributed by atoms with Gasteiger partial charge >= 0.3 is 0 Å². The van der Waals surface area contributed by atoms with E-state index in [2.05, 4.69) is 59.2 Å². The molecule has 0 radical (unpaired) electrons. The Morgan fingerprint density at radius 3 is 2.24 bits per heavy atom. The molecule has 1 rings (SSSR count). The molecule has 0 amide bonds. The van der Waals surface area contributed by atoms with Crippen LogP contribution < -0.4 is 5.32 Å². The predicted octanol–water partition coefficient (Wildman–Crippen LogP) is 3.92. The predicted molar refractivity (Wildman–Crippen MR) is 76.7 cm³/mol. The van der Waals surface area contributed by atoms with E-state index in [0.29, 0.717) is 5.92 Å². The Morgan fingerprint density at radius 2 is 1.88 bits per heavy atom. The molecule has 2 nitrogen and oxygen atoms in total. The van der Waals surface area contributed by atoms with Gasteiger partial charge in [-0.15, -0.1) is 11.3 Å². The number of nitrogens with zero attached hydrogens (tertiary/aromatic N) is 1. The molecule has 0 saturated heterocycles. The summed E-state index contributed by atoms with van der Waals surface area (Å²) in [7, 11) is 0. The highest BCUT2D eigenvalue weighted by Crippen LogP contribution is 2.34. The highest BCUT2D eigenvalue weighted by Gasteiger charge is 2.33. The van der Waals surface area contributed by atoms with Crippen molar-refractivity contribution in [3.63, 3.8) is 0 Å². The first-order chi connectivity index (χ1) is 7.71. The highest BCUT2D eigenvalue weighted by atomic mass is 32.1. The van der Waals surface area contributed by atoms with Crippen LogP contribution in [0.3, 0.4) is 0 Å². The Labute approximate surface area is 110 Å². The summed E-state index contributed by atoms with van der Waals surface area (Å²) in [6.45, 7) is 16.5. The van der Waals surface area contributed by atoms with Crippen molar-refractivity contribution in [2.75, 3.05) is 6.54 Å². The van der Waals surface area contributed by atoms with Crippen molar-refractivity contribution in [3.8, 4) is 0 Å². The third-order valence-corrected chi connectivity index (χ3v) is 4.50. The summed E-state index contributed by atoms with van der Waals surface area (Å²) < 4.78 is 0. The Balaban J connectivity index is 3.09. The van der Waals surface area contributed by atoms with Crippen LogP contribution in [0.1, 0.15) is 59.2 Å². The molecule has 0 saturated carbocycles. The van der Waals surface area contributed by atoms with E-state index in [9.17, 15) is 0 Å². The normalized spacial score (nSPS) is 16.2. The molecule has 0 bridgehead atoms. The fourth-order valence-electron chi connectivity index (χ4n) is 1.75. The first kappa shape index (κ1) is 14.7. The number of hydrogen-bond acceptors (Lipinski definition) is 3. The topological polar surface area (TPSA) is 24.9 Å². The van der Waals surface area contributed by atoms with Crippen LogP contribution in [-0.2, 0) is 11.0 Å². The number of nitrogens with one attached hydrogen (secondary N) is 1. The molecule has 1 N–H and O–H groups in total. The summed E-state index contributed by atoms with van der Waals surface area (Å²) in [6.07, 6.45) is 0. The monoisotopic (exact) mass is 254 g/mol. The van der Waals surface area contributed by atoms with E-state index in [1.165, 1.54) is 10.7 Å². The van der Waals surface area contributed by atoms with Gasteiger partial charge in [0.05, 0.1) is 11.2 Å². The number of thiazole rings is 1. The molecule has 1 unspecified atom stereocenters. The molecule has 1 atom stereocenters. The highest BCUT2D eigenvalue weighted by molar-refractivity contribution is 7.09. The van der Waals surface area contributed by atoms with E-state index in [0.717, 1.165) is 6.54 Å². The quantitative estimate of drug-likeness (QED) is 0.881. The molecule has 1 heterocycles. The van der Waals surface area contributed by atoms with E-state index < -0.39 is 0 Å². The molecule has 0 aliphatic heterocycles. The molecule has 0 fully saturated rings. The lowest BCUT2D eigenvalue weighted by Crippen LogP contribution is -2.44. The number of aromatic nitrogens is 1. The molecule has 0 aromatic carbocycles. The largest absolute Gasteiger partial charge is 0.306 e. The van der Waals surface area contributed by atoms with Crippen LogP contribution in [-0.4, -0.2) is 11.5 Å². The van der Waals surface area contributed by atoms with Crippen LogP contribution in [0, 0.1) is 5.92 Å². The fraction of sp³-hybridized carbons (Fsp3) is 0.786. The summed E-state index contributed by atoms with van der Waals surface area (Å²) in [6, 6.07) is 0. The average Bonchev–Trinajstić information content (AvgIpc) is 2.65. The van der Waals surface area contributed by atoms with Gasteiger partial charge in [-0.1, -0.05) is 41.5 Å². The van der Waals surface area contributed by atoms with E-state index >= 15 is 0 Å². The van der Waals surface area contributed by atoms with E-state index in [4.69, 9.17) is 4.98 Å². The van der Waals surface area contributed by atoms with Crippen molar-refractivity contribution in [2.45, 2.75) is 59.4 Å². The summed E-state index contributed by atoms with van der Waals surface area (Å²) in [5.74, 6) is 0.529. The SMILES string of the molecule is CCNC(C)(c1nc(C(C)(C)C)cs1)C(C)C. The van der Waals surface area contributed by atoms with E-state index in [1.807, 2.05) is 0 Å². The van der Waals surface area contributed by atoms with Crippen LogP contribution in [0.25, 0.3) is 0 Å². The van der Waals surface area contributed by atoms with Gasteiger partial charge in [0.2, 0.25) is 0 Å². The summed E-state index contributed by atoms with van der Waals surface area (Å²) in [5.41, 5.74) is 1.32. The van der Waals surface area contributed by atoms with Crippen LogP contribution >= 0.6 is 11.3 Å². The van der Waals surface area contributed by atoms with Gasteiger partial charge in [0.25, 0.3) is 0 Å². The third-order valence-electron chi connectivity index (χ3n) is 3.42. The second kappa shape index (κ2) is 5.07. The van der Waals surface area contributed by atoms with Gasteiger partial charge in [-0.05, 0) is 19.4 Å².